The van der Waals surface area contributed by atoms with Gasteiger partial charge in [-0.1, -0.05) is 25.1 Å². The highest BCUT2D eigenvalue weighted by Gasteiger charge is 2.31. The van der Waals surface area contributed by atoms with Gasteiger partial charge in [-0.3, -0.25) is 14.2 Å². The van der Waals surface area contributed by atoms with Gasteiger partial charge in [0.05, 0.1) is 23.8 Å². The number of carbonyl (C=O) groups is 1. The van der Waals surface area contributed by atoms with Crippen LogP contribution in [0.25, 0.3) is 22.4 Å². The molecule has 0 aliphatic heterocycles. The first-order chi connectivity index (χ1) is 18.7. The van der Waals surface area contributed by atoms with Gasteiger partial charge in [-0.15, -0.1) is 0 Å². The maximum absolute atomic E-state index is 14.3. The fraction of sp³-hybridized carbons (Fsp3) is 0.280. The van der Waals surface area contributed by atoms with Crippen molar-refractivity contribution in [3.05, 3.63) is 59.0 Å². The molecule has 0 aliphatic rings. The highest BCUT2D eigenvalue weighted by atomic mass is 32.2. The molecule has 0 unspecified atom stereocenters. The largest absolute Gasteiger partial charge is 0.505 e. The number of hydrogen-bond donors (Lipinski definition) is 3. The lowest BCUT2D eigenvalue weighted by molar-refractivity contribution is -0.127. The van der Waals surface area contributed by atoms with Crippen molar-refractivity contribution < 1.29 is 35.9 Å². The topological polar surface area (TPSA) is 141 Å². The van der Waals surface area contributed by atoms with Crippen molar-refractivity contribution in [2.75, 3.05) is 22.9 Å². The molecule has 0 atom stereocenters. The zero-order chi connectivity index (χ0) is 29.4. The Kier molecular flexibility index (Phi) is 7.70. The number of alkyl halides is 3. The van der Waals surface area contributed by atoms with E-state index in [9.17, 15) is 35.9 Å². The van der Waals surface area contributed by atoms with Gasteiger partial charge in [-0.05, 0) is 29.3 Å². The van der Waals surface area contributed by atoms with Crippen LogP contribution in [-0.2, 0) is 23.0 Å². The standard InChI is InChI=1S/C25H24F4N6O4S/c1-4-18(36)21-20-23(30-12-13-7-5-6-8-17(13)35(2)40(3,38)39)31-22(32-24(20)34-33-21)15-10-16(26)19(37)9-14(15)11-25(27,28)29/h5-10,37H,4,11-12H2,1-3H3,(H2,30,31,32,33,34). The van der Waals surface area contributed by atoms with Crippen LogP contribution in [0.5, 0.6) is 5.75 Å². The van der Waals surface area contributed by atoms with Gasteiger partial charge < -0.3 is 10.4 Å². The van der Waals surface area contributed by atoms with Crippen molar-refractivity contribution in [3.8, 4) is 17.1 Å². The van der Waals surface area contributed by atoms with Gasteiger partial charge in [0.15, 0.2) is 28.8 Å². The predicted molar refractivity (Wildman–Crippen MR) is 140 cm³/mol. The van der Waals surface area contributed by atoms with Gasteiger partial charge >= 0.3 is 6.18 Å². The number of benzene rings is 2. The number of fused-ring (bicyclic) bond motifs is 1. The molecule has 0 saturated heterocycles. The van der Waals surface area contributed by atoms with Crippen molar-refractivity contribution in [1.82, 2.24) is 20.2 Å². The second-order valence-corrected chi connectivity index (χ2v) is 10.9. The third-order valence-electron chi connectivity index (χ3n) is 6.09. The Balaban J connectivity index is 1.87. The van der Waals surface area contributed by atoms with Gasteiger partial charge in [0.25, 0.3) is 0 Å². The number of ketones is 1. The Labute approximate surface area is 226 Å². The molecule has 0 spiro atoms. The molecule has 15 heteroatoms. The molecule has 0 bridgehead atoms. The Hall–Kier alpha value is -4.27. The number of aromatic amines is 1. The minimum Gasteiger partial charge on any atom is -0.505 e. The monoisotopic (exact) mass is 580 g/mol. The number of phenolic OH excluding ortho intramolecular Hbond substituents is 1. The summed E-state index contributed by atoms with van der Waals surface area (Å²) >= 11 is 0. The fourth-order valence-corrected chi connectivity index (χ4v) is 4.59. The Morgan fingerprint density at radius 3 is 2.50 bits per heavy atom. The van der Waals surface area contributed by atoms with E-state index < -0.39 is 39.8 Å². The van der Waals surface area contributed by atoms with Gasteiger partial charge in [0.1, 0.15) is 11.5 Å². The maximum atomic E-state index is 14.3. The quantitative estimate of drug-likeness (QED) is 0.193. The summed E-state index contributed by atoms with van der Waals surface area (Å²) in [5, 5.41) is 19.5. The van der Waals surface area contributed by atoms with E-state index in [1.165, 1.54) is 7.05 Å². The Morgan fingerprint density at radius 1 is 1.15 bits per heavy atom. The number of halogens is 4. The van der Waals surface area contributed by atoms with Crippen LogP contribution in [0, 0.1) is 5.82 Å². The summed E-state index contributed by atoms with van der Waals surface area (Å²) in [6.07, 6.45) is -5.04. The van der Waals surface area contributed by atoms with Crippen LogP contribution >= 0.6 is 0 Å². The van der Waals surface area contributed by atoms with Crippen LogP contribution in [0.2, 0.25) is 0 Å². The number of aromatic nitrogens is 4. The predicted octanol–water partition coefficient (Wildman–Crippen LogP) is 4.57. The summed E-state index contributed by atoms with van der Waals surface area (Å²) in [5.74, 6) is -2.83. The number of anilines is 2. The second-order valence-electron chi connectivity index (χ2n) is 8.94. The molecule has 40 heavy (non-hydrogen) atoms. The number of rotatable bonds is 9. The van der Waals surface area contributed by atoms with Gasteiger partial charge in [-0.25, -0.2) is 22.8 Å². The van der Waals surface area contributed by atoms with Crippen LogP contribution in [-0.4, -0.2) is 59.0 Å². The fourth-order valence-electron chi connectivity index (χ4n) is 4.05. The highest BCUT2D eigenvalue weighted by molar-refractivity contribution is 7.92. The zero-order valence-corrected chi connectivity index (χ0v) is 22.3. The van der Waals surface area contributed by atoms with E-state index in [0.717, 1.165) is 10.6 Å². The van der Waals surface area contributed by atoms with Crippen molar-refractivity contribution in [3.63, 3.8) is 0 Å². The summed E-state index contributed by atoms with van der Waals surface area (Å²) in [7, 11) is -2.23. The number of nitrogens with zero attached hydrogens (tertiary/aromatic N) is 4. The smallest absolute Gasteiger partial charge is 0.393 e. The average Bonchev–Trinajstić information content (AvgIpc) is 3.31. The van der Waals surface area contributed by atoms with Crippen LogP contribution in [0.4, 0.5) is 29.1 Å². The van der Waals surface area contributed by atoms with Crippen LogP contribution < -0.4 is 9.62 Å². The number of sulfonamides is 1. The zero-order valence-electron chi connectivity index (χ0n) is 21.5. The number of carbonyl (C=O) groups excluding carboxylic acids is 1. The van der Waals surface area contributed by atoms with E-state index in [4.69, 9.17) is 0 Å². The minimum atomic E-state index is -4.69. The van der Waals surface area contributed by atoms with E-state index >= 15 is 0 Å². The van der Waals surface area contributed by atoms with E-state index in [1.54, 1.807) is 31.2 Å². The number of nitrogens with one attached hydrogen (secondary N) is 2. The normalized spacial score (nSPS) is 12.1. The number of hydrogen-bond acceptors (Lipinski definition) is 8. The lowest BCUT2D eigenvalue weighted by atomic mass is 10.0. The van der Waals surface area contributed by atoms with Crippen LogP contribution in [0.15, 0.2) is 36.4 Å². The molecule has 4 aromatic rings. The molecular formula is C25H24F4N6O4S. The van der Waals surface area contributed by atoms with E-state index in [0.29, 0.717) is 23.4 Å². The summed E-state index contributed by atoms with van der Waals surface area (Å²) < 4.78 is 79.6. The molecule has 2 aromatic heterocycles. The first kappa shape index (κ1) is 28.7. The average molecular weight is 581 g/mol. The number of phenols is 1. The molecular weight excluding hydrogens is 556 g/mol. The summed E-state index contributed by atoms with van der Waals surface area (Å²) in [4.78, 5) is 21.1. The van der Waals surface area contributed by atoms with Crippen LogP contribution in [0.1, 0.15) is 35.0 Å². The van der Waals surface area contributed by atoms with E-state index in [-0.39, 0.29) is 52.7 Å². The maximum Gasteiger partial charge on any atom is 0.393 e. The third kappa shape index (κ3) is 5.98. The molecule has 0 aliphatic carbocycles. The van der Waals surface area contributed by atoms with Crippen molar-refractivity contribution >= 4 is 38.3 Å². The van der Waals surface area contributed by atoms with Crippen molar-refractivity contribution in [2.45, 2.75) is 32.5 Å². The van der Waals surface area contributed by atoms with Gasteiger partial charge in [0.2, 0.25) is 10.0 Å². The Bertz CT molecular complexity index is 1710. The number of H-pyrrole nitrogens is 1. The number of aromatic hydroxyl groups is 1. The molecule has 0 saturated carbocycles. The second kappa shape index (κ2) is 10.7. The molecule has 0 amide bonds. The molecule has 212 valence electrons. The van der Waals surface area contributed by atoms with Crippen molar-refractivity contribution in [1.29, 1.82) is 0 Å². The first-order valence-electron chi connectivity index (χ1n) is 11.8. The Morgan fingerprint density at radius 2 is 1.85 bits per heavy atom. The first-order valence-corrected chi connectivity index (χ1v) is 13.7. The molecule has 2 heterocycles. The lowest BCUT2D eigenvalue weighted by Crippen LogP contribution is -2.26. The van der Waals surface area contributed by atoms with E-state index in [1.807, 2.05) is 0 Å². The number of Topliss-reactive ketones (excluding diaryl/α,β-unsaturated/α-hetero) is 1. The molecule has 0 radical (unpaired) electrons. The molecule has 3 N–H and O–H groups in total. The van der Waals surface area contributed by atoms with Crippen molar-refractivity contribution in [2.24, 2.45) is 0 Å². The molecule has 4 rings (SSSR count). The minimum absolute atomic E-state index is 0.00574. The molecule has 10 nitrogen and oxygen atoms in total. The van der Waals surface area contributed by atoms with E-state index in [2.05, 4.69) is 25.5 Å². The summed E-state index contributed by atoms with van der Waals surface area (Å²) in [6.45, 7) is 1.60. The number of para-hydroxylation sites is 1. The SMILES string of the molecule is CCC(=O)c1[nH]nc2nc(-c3cc(F)c(O)cc3CC(F)(F)F)nc(NCc3ccccc3N(C)S(C)(=O)=O)c12. The molecule has 2 aromatic carbocycles. The highest BCUT2D eigenvalue weighted by Crippen LogP contribution is 2.35. The summed E-state index contributed by atoms with van der Waals surface area (Å²) in [6, 6.07) is 7.94. The van der Waals surface area contributed by atoms with Gasteiger partial charge in [-0.2, -0.15) is 18.3 Å². The molecule has 0 fully saturated rings. The van der Waals surface area contributed by atoms with Crippen LogP contribution in [0.3, 0.4) is 0 Å². The van der Waals surface area contributed by atoms with Gasteiger partial charge in [0, 0.05) is 25.6 Å². The lowest BCUT2D eigenvalue weighted by Gasteiger charge is -2.20. The third-order valence-corrected chi connectivity index (χ3v) is 7.28. The summed E-state index contributed by atoms with van der Waals surface area (Å²) in [5.41, 5.74) is 0.0494.